The summed E-state index contributed by atoms with van der Waals surface area (Å²) in [6.45, 7) is 3.02. The summed E-state index contributed by atoms with van der Waals surface area (Å²) < 4.78 is 49.2. The van der Waals surface area contributed by atoms with E-state index in [1.165, 1.54) is 0 Å². The van der Waals surface area contributed by atoms with Gasteiger partial charge < -0.3 is 9.64 Å². The molecule has 0 aliphatic carbocycles. The van der Waals surface area contributed by atoms with Crippen LogP contribution in [0.4, 0.5) is 13.2 Å². The predicted octanol–water partition coefficient (Wildman–Crippen LogP) is 2.80. The van der Waals surface area contributed by atoms with Gasteiger partial charge in [-0.1, -0.05) is 30.3 Å². The molecule has 0 aromatic heterocycles. The molecule has 0 saturated carbocycles. The van der Waals surface area contributed by atoms with Gasteiger partial charge in [0, 0.05) is 33.1 Å². The van der Waals surface area contributed by atoms with Gasteiger partial charge in [-0.15, -0.1) is 13.2 Å². The van der Waals surface area contributed by atoms with Gasteiger partial charge in [-0.25, -0.2) is 0 Å². The minimum Gasteiger partial charge on any atom is -0.360 e. The Hall–Kier alpha value is -1.64. The molecule has 27 heavy (non-hydrogen) atoms. The van der Waals surface area contributed by atoms with Gasteiger partial charge in [-0.3, -0.25) is 14.4 Å². The fourth-order valence-electron chi connectivity index (χ4n) is 3.99. The van der Waals surface area contributed by atoms with Crippen LogP contribution in [0.15, 0.2) is 30.3 Å². The van der Waals surface area contributed by atoms with E-state index in [1.54, 1.807) is 48.0 Å². The highest BCUT2D eigenvalue weighted by Crippen LogP contribution is 2.34. The summed E-state index contributed by atoms with van der Waals surface area (Å²) in [5.74, 6) is -0.0644. The van der Waals surface area contributed by atoms with Crippen molar-refractivity contribution in [3.63, 3.8) is 0 Å². The van der Waals surface area contributed by atoms with Crippen molar-refractivity contribution in [2.75, 3.05) is 26.7 Å². The van der Waals surface area contributed by atoms with E-state index in [0.29, 0.717) is 32.5 Å². The van der Waals surface area contributed by atoms with Crippen molar-refractivity contribution >= 4 is 5.91 Å². The molecular weight excluding hydrogens is 361 g/mol. The lowest BCUT2D eigenvalue weighted by Crippen LogP contribution is -2.61. The van der Waals surface area contributed by atoms with Crippen molar-refractivity contribution in [2.24, 2.45) is 0 Å². The summed E-state index contributed by atoms with van der Waals surface area (Å²) in [6.07, 6.45) is -5.03. The van der Waals surface area contributed by atoms with E-state index in [-0.39, 0.29) is 12.3 Å². The van der Waals surface area contributed by atoms with Gasteiger partial charge in [0.1, 0.15) is 12.3 Å². The van der Waals surface area contributed by atoms with Crippen molar-refractivity contribution in [1.82, 2.24) is 9.80 Å². The molecule has 5 nitrogen and oxygen atoms in total. The Morgan fingerprint density at radius 2 is 1.89 bits per heavy atom. The van der Waals surface area contributed by atoms with E-state index < -0.39 is 24.3 Å². The minimum absolute atomic E-state index is 0.0644. The molecule has 0 bridgehead atoms. The van der Waals surface area contributed by atoms with Gasteiger partial charge in [-0.2, -0.15) is 0 Å². The van der Waals surface area contributed by atoms with Gasteiger partial charge in [-0.05, 0) is 25.3 Å². The molecule has 1 unspecified atom stereocenters. The SMILES string of the molecule is C[C@H]1OC2(CCN(C(Cc3ccccc3)OC(F)(F)F)CC2)CN(C)C1=O. The average Bonchev–Trinajstić information content (AvgIpc) is 2.59. The van der Waals surface area contributed by atoms with Crippen LogP contribution >= 0.6 is 0 Å². The first-order valence-electron chi connectivity index (χ1n) is 9.13. The zero-order valence-corrected chi connectivity index (χ0v) is 15.5. The van der Waals surface area contributed by atoms with Gasteiger partial charge in [0.15, 0.2) is 0 Å². The molecule has 1 spiro atoms. The van der Waals surface area contributed by atoms with E-state index in [1.807, 2.05) is 6.07 Å². The molecule has 2 atom stereocenters. The highest BCUT2D eigenvalue weighted by atomic mass is 19.4. The monoisotopic (exact) mass is 386 g/mol. The number of benzene rings is 1. The van der Waals surface area contributed by atoms with Gasteiger partial charge in [0.2, 0.25) is 0 Å². The fourth-order valence-corrected chi connectivity index (χ4v) is 3.99. The Labute approximate surface area is 157 Å². The van der Waals surface area contributed by atoms with E-state index in [4.69, 9.17) is 4.74 Å². The molecule has 2 fully saturated rings. The summed E-state index contributed by atoms with van der Waals surface area (Å²) in [4.78, 5) is 15.3. The van der Waals surface area contributed by atoms with Crippen LogP contribution in [0.3, 0.4) is 0 Å². The molecular formula is C19H25F3N2O3. The van der Waals surface area contributed by atoms with E-state index in [9.17, 15) is 18.0 Å². The summed E-state index contributed by atoms with van der Waals surface area (Å²) in [6, 6.07) is 9.02. The van der Waals surface area contributed by atoms with Crippen LogP contribution in [-0.4, -0.2) is 66.7 Å². The number of ether oxygens (including phenoxy) is 2. The summed E-state index contributed by atoms with van der Waals surface area (Å²) >= 11 is 0. The van der Waals surface area contributed by atoms with Crippen molar-refractivity contribution < 1.29 is 27.4 Å². The molecule has 1 aromatic carbocycles. The molecule has 2 heterocycles. The Morgan fingerprint density at radius 1 is 1.26 bits per heavy atom. The molecule has 1 amide bonds. The van der Waals surface area contributed by atoms with Gasteiger partial charge in [0.05, 0.1) is 5.60 Å². The molecule has 3 rings (SSSR count). The molecule has 0 radical (unpaired) electrons. The zero-order valence-electron chi connectivity index (χ0n) is 15.5. The van der Waals surface area contributed by atoms with E-state index >= 15 is 0 Å². The number of piperidine rings is 1. The normalized spacial score (nSPS) is 25.0. The third kappa shape index (κ3) is 5.00. The average molecular weight is 386 g/mol. The summed E-state index contributed by atoms with van der Waals surface area (Å²) in [5, 5.41) is 0. The topological polar surface area (TPSA) is 42.0 Å². The quantitative estimate of drug-likeness (QED) is 0.798. The molecule has 0 N–H and O–H groups in total. The largest absolute Gasteiger partial charge is 0.524 e. The van der Waals surface area contributed by atoms with Crippen molar-refractivity contribution in [2.45, 2.75) is 50.5 Å². The highest BCUT2D eigenvalue weighted by molar-refractivity contribution is 5.81. The third-order valence-corrected chi connectivity index (χ3v) is 5.32. The van der Waals surface area contributed by atoms with Crippen molar-refractivity contribution in [3.8, 4) is 0 Å². The predicted molar refractivity (Wildman–Crippen MR) is 92.8 cm³/mol. The number of likely N-dealkylation sites (tertiary alicyclic amines) is 1. The second kappa shape index (κ2) is 7.77. The molecule has 8 heteroatoms. The van der Waals surface area contributed by atoms with E-state index in [2.05, 4.69) is 4.74 Å². The van der Waals surface area contributed by atoms with Crippen molar-refractivity contribution in [3.05, 3.63) is 35.9 Å². The first-order valence-corrected chi connectivity index (χ1v) is 9.13. The molecule has 1 aromatic rings. The maximum absolute atomic E-state index is 12.9. The molecule has 2 saturated heterocycles. The number of hydrogen-bond donors (Lipinski definition) is 0. The smallest absolute Gasteiger partial charge is 0.360 e. The van der Waals surface area contributed by atoms with E-state index in [0.717, 1.165) is 5.56 Å². The number of nitrogens with zero attached hydrogens (tertiary/aromatic N) is 2. The van der Waals surface area contributed by atoms with Crippen LogP contribution in [0.1, 0.15) is 25.3 Å². The lowest BCUT2D eigenvalue weighted by Gasteiger charge is -2.49. The fraction of sp³-hybridized carbons (Fsp3) is 0.632. The molecule has 2 aliphatic rings. The second-order valence-electron chi connectivity index (χ2n) is 7.38. The maximum Gasteiger partial charge on any atom is 0.524 e. The number of carbonyl (C=O) groups excluding carboxylic acids is 1. The first-order chi connectivity index (χ1) is 12.7. The maximum atomic E-state index is 12.9. The van der Waals surface area contributed by atoms with Crippen LogP contribution in [-0.2, 0) is 20.7 Å². The number of morpholine rings is 1. The molecule has 150 valence electrons. The number of alkyl halides is 3. The summed E-state index contributed by atoms with van der Waals surface area (Å²) in [7, 11) is 1.74. The minimum atomic E-state index is -4.70. The Bertz CT molecular complexity index is 629. The first kappa shape index (κ1) is 20.1. The second-order valence-corrected chi connectivity index (χ2v) is 7.38. The number of amides is 1. The number of halogens is 3. The number of hydrogen-bond acceptors (Lipinski definition) is 4. The Morgan fingerprint density at radius 3 is 2.44 bits per heavy atom. The van der Waals surface area contributed by atoms with Crippen molar-refractivity contribution in [1.29, 1.82) is 0 Å². The van der Waals surface area contributed by atoms with Crippen LogP contribution in [0.25, 0.3) is 0 Å². The van der Waals surface area contributed by atoms with Crippen LogP contribution in [0, 0.1) is 0 Å². The van der Waals surface area contributed by atoms with Crippen LogP contribution in [0.5, 0.6) is 0 Å². The standard InChI is InChI=1S/C19H25F3N2O3/c1-14-17(25)23(2)13-18(26-14)8-10-24(11-9-18)16(27-19(20,21)22)12-15-6-4-3-5-7-15/h3-7,14,16H,8-13H2,1-2H3/t14-,16?/m1/s1. The molecule has 2 aliphatic heterocycles. The number of carbonyl (C=O) groups is 1. The summed E-state index contributed by atoms with van der Waals surface area (Å²) in [5.41, 5.74) is 0.300. The Balaban J connectivity index is 1.67. The van der Waals surface area contributed by atoms with Gasteiger partial charge in [0.25, 0.3) is 5.91 Å². The van der Waals surface area contributed by atoms with Crippen LogP contribution in [0.2, 0.25) is 0 Å². The third-order valence-electron chi connectivity index (χ3n) is 5.32. The zero-order chi connectivity index (χ0) is 19.7. The lowest BCUT2D eigenvalue weighted by molar-refractivity contribution is -0.361. The lowest BCUT2D eigenvalue weighted by atomic mass is 9.88. The number of likely N-dealkylation sites (N-methyl/N-ethyl adjacent to an activating group) is 1. The van der Waals surface area contributed by atoms with Gasteiger partial charge >= 0.3 is 6.36 Å². The highest BCUT2D eigenvalue weighted by Gasteiger charge is 2.46. The van der Waals surface area contributed by atoms with Crippen LogP contribution < -0.4 is 0 Å². The number of rotatable bonds is 4. The Kier molecular flexibility index (Phi) is 5.79.